The lowest BCUT2D eigenvalue weighted by Crippen LogP contribution is -2.58. The maximum absolute atomic E-state index is 13.2. The van der Waals surface area contributed by atoms with Crippen LogP contribution in [0, 0.1) is 0 Å². The third-order valence-electron chi connectivity index (χ3n) is 6.99. The van der Waals surface area contributed by atoms with Gasteiger partial charge in [-0.1, -0.05) is 29.3 Å². The fourth-order valence-corrected chi connectivity index (χ4v) is 6.61. The van der Waals surface area contributed by atoms with Gasteiger partial charge in [0.1, 0.15) is 5.82 Å². The van der Waals surface area contributed by atoms with Crippen LogP contribution in [0.3, 0.4) is 0 Å². The van der Waals surface area contributed by atoms with Gasteiger partial charge in [0.05, 0.1) is 32.4 Å². The summed E-state index contributed by atoms with van der Waals surface area (Å²) in [5, 5.41) is 5.94. The number of halogens is 2. The lowest BCUT2D eigenvalue weighted by atomic mass is 10.0. The second-order valence-electron chi connectivity index (χ2n) is 10.1. The quantitative estimate of drug-likeness (QED) is 0.251. The summed E-state index contributed by atoms with van der Waals surface area (Å²) in [6, 6.07) is 16.4. The number of piperazine rings is 1. The number of rotatable bonds is 6. The number of imidazole rings is 1. The van der Waals surface area contributed by atoms with Gasteiger partial charge in [0.25, 0.3) is 5.91 Å². The van der Waals surface area contributed by atoms with E-state index in [1.165, 1.54) is 0 Å². The summed E-state index contributed by atoms with van der Waals surface area (Å²) in [4.78, 5) is 27.0. The molecule has 1 aliphatic heterocycles. The average Bonchev–Trinajstić information content (AvgIpc) is 3.57. The molecule has 3 heterocycles. The van der Waals surface area contributed by atoms with Gasteiger partial charge in [0.2, 0.25) is 0 Å². The standard InChI is InChI=1S/C29H31Cl2N5OS/c1-17(2)36-18(3)15-35(16-19(36)4)21-8-9-22(25(31)13-21)29(37)33-20-7-10-24(30)23(12-20)28-32-14-26(34-28)27-6-5-11-38-27/h5-14,17-19H,15-16H2,1-4H3,(H,32,34)(H,33,37)/t18-,19+. The van der Waals surface area contributed by atoms with Crippen molar-refractivity contribution in [2.45, 2.75) is 45.8 Å². The number of nitrogens with zero attached hydrogens (tertiary/aromatic N) is 3. The van der Waals surface area contributed by atoms with Crippen molar-refractivity contribution in [1.82, 2.24) is 14.9 Å². The average molecular weight is 569 g/mol. The topological polar surface area (TPSA) is 64.3 Å². The Hall–Kier alpha value is -2.84. The number of amides is 1. The molecule has 1 fully saturated rings. The molecule has 0 saturated carbocycles. The Morgan fingerprint density at radius 3 is 2.50 bits per heavy atom. The lowest BCUT2D eigenvalue weighted by molar-refractivity contribution is 0.0953. The van der Waals surface area contributed by atoms with Crippen molar-refractivity contribution in [2.24, 2.45) is 0 Å². The molecule has 9 heteroatoms. The van der Waals surface area contributed by atoms with Gasteiger partial charge in [-0.3, -0.25) is 9.69 Å². The van der Waals surface area contributed by atoms with Crippen molar-refractivity contribution in [3.8, 4) is 22.0 Å². The maximum Gasteiger partial charge on any atom is 0.257 e. The third kappa shape index (κ3) is 5.47. The number of carbonyl (C=O) groups excluding carboxylic acids is 1. The van der Waals surface area contributed by atoms with E-state index in [4.69, 9.17) is 23.2 Å². The zero-order valence-electron chi connectivity index (χ0n) is 21.8. The van der Waals surface area contributed by atoms with E-state index < -0.39 is 0 Å². The van der Waals surface area contributed by atoms with E-state index in [1.807, 2.05) is 35.7 Å². The van der Waals surface area contributed by atoms with Crippen LogP contribution in [-0.2, 0) is 0 Å². The summed E-state index contributed by atoms with van der Waals surface area (Å²) in [6.07, 6.45) is 1.79. The molecule has 2 atom stereocenters. The summed E-state index contributed by atoms with van der Waals surface area (Å²) in [5.41, 5.74) is 3.68. The van der Waals surface area contributed by atoms with Gasteiger partial charge in [-0.15, -0.1) is 11.3 Å². The van der Waals surface area contributed by atoms with Crippen LogP contribution in [0.25, 0.3) is 22.0 Å². The number of anilines is 2. The first kappa shape index (κ1) is 26.8. The Kier molecular flexibility index (Phi) is 7.82. The maximum atomic E-state index is 13.2. The van der Waals surface area contributed by atoms with Crippen molar-refractivity contribution < 1.29 is 4.79 Å². The number of hydrogen-bond acceptors (Lipinski definition) is 5. The Labute approximate surface area is 237 Å². The van der Waals surface area contributed by atoms with Gasteiger partial charge in [-0.05, 0) is 75.5 Å². The van der Waals surface area contributed by atoms with Crippen LogP contribution in [0.5, 0.6) is 0 Å². The minimum atomic E-state index is -0.278. The predicted molar refractivity (Wildman–Crippen MR) is 160 cm³/mol. The number of aromatic nitrogens is 2. The molecule has 6 nitrogen and oxygen atoms in total. The van der Waals surface area contributed by atoms with Crippen molar-refractivity contribution in [3.05, 3.63) is 75.7 Å². The van der Waals surface area contributed by atoms with Gasteiger partial charge in [-0.2, -0.15) is 0 Å². The predicted octanol–water partition coefficient (Wildman–Crippen LogP) is 7.67. The Bertz CT molecular complexity index is 1420. The van der Waals surface area contributed by atoms with Crippen molar-refractivity contribution in [2.75, 3.05) is 23.3 Å². The van der Waals surface area contributed by atoms with Crippen molar-refractivity contribution >= 4 is 51.8 Å². The highest BCUT2D eigenvalue weighted by Gasteiger charge is 2.31. The first-order valence-corrected chi connectivity index (χ1v) is 14.4. The molecule has 2 aromatic heterocycles. The molecule has 38 heavy (non-hydrogen) atoms. The molecule has 0 aliphatic carbocycles. The minimum absolute atomic E-state index is 0.278. The molecule has 2 aromatic carbocycles. The molecular formula is C29H31Cl2N5OS. The zero-order valence-corrected chi connectivity index (χ0v) is 24.2. The van der Waals surface area contributed by atoms with Crippen molar-refractivity contribution in [1.29, 1.82) is 0 Å². The highest BCUT2D eigenvalue weighted by atomic mass is 35.5. The highest BCUT2D eigenvalue weighted by Crippen LogP contribution is 2.33. The number of H-pyrrole nitrogens is 1. The number of hydrogen-bond donors (Lipinski definition) is 2. The summed E-state index contributed by atoms with van der Waals surface area (Å²) < 4.78 is 0. The molecule has 1 aliphatic rings. The zero-order chi connectivity index (χ0) is 27.0. The summed E-state index contributed by atoms with van der Waals surface area (Å²) >= 11 is 14.7. The molecule has 1 saturated heterocycles. The second kappa shape index (κ2) is 11.1. The highest BCUT2D eigenvalue weighted by molar-refractivity contribution is 7.13. The largest absolute Gasteiger partial charge is 0.368 e. The van der Waals surface area contributed by atoms with E-state index in [0.717, 1.165) is 29.3 Å². The first-order valence-electron chi connectivity index (χ1n) is 12.7. The SMILES string of the molecule is CC(C)N1[C@H](C)CN(c2ccc(C(=O)Nc3ccc(Cl)c(-c4ncc(-c5cccs5)[nH]4)c3)c(Cl)c2)C[C@@H]1C. The van der Waals surface area contributed by atoms with Crippen molar-refractivity contribution in [3.63, 3.8) is 0 Å². The van der Waals surface area contributed by atoms with Crippen LogP contribution in [0.15, 0.2) is 60.1 Å². The third-order valence-corrected chi connectivity index (χ3v) is 8.53. The van der Waals surface area contributed by atoms with Crippen LogP contribution >= 0.6 is 34.5 Å². The van der Waals surface area contributed by atoms with E-state index in [0.29, 0.717) is 50.8 Å². The van der Waals surface area contributed by atoms with Crippen LogP contribution in [-0.4, -0.2) is 52.0 Å². The molecule has 4 aromatic rings. The van der Waals surface area contributed by atoms with E-state index >= 15 is 0 Å². The molecule has 5 rings (SSSR count). The fraction of sp³-hybridized carbons (Fsp3) is 0.310. The summed E-state index contributed by atoms with van der Waals surface area (Å²) in [7, 11) is 0. The summed E-state index contributed by atoms with van der Waals surface area (Å²) in [5.74, 6) is 0.359. The molecule has 2 N–H and O–H groups in total. The molecular weight excluding hydrogens is 537 g/mol. The molecule has 0 radical (unpaired) electrons. The number of benzene rings is 2. The van der Waals surface area contributed by atoms with E-state index in [-0.39, 0.29) is 5.91 Å². The van der Waals surface area contributed by atoms with Gasteiger partial charge in [-0.25, -0.2) is 4.98 Å². The number of nitrogens with one attached hydrogen (secondary N) is 2. The smallest absolute Gasteiger partial charge is 0.257 e. The minimum Gasteiger partial charge on any atom is -0.368 e. The monoisotopic (exact) mass is 567 g/mol. The van der Waals surface area contributed by atoms with Crippen LogP contribution < -0.4 is 10.2 Å². The van der Waals surface area contributed by atoms with E-state index in [2.05, 4.69) is 52.8 Å². The van der Waals surface area contributed by atoms with Crippen LogP contribution in [0.4, 0.5) is 11.4 Å². The second-order valence-corrected chi connectivity index (χ2v) is 11.8. The van der Waals surface area contributed by atoms with E-state index in [9.17, 15) is 4.79 Å². The van der Waals surface area contributed by atoms with Gasteiger partial charge in [0.15, 0.2) is 0 Å². The van der Waals surface area contributed by atoms with Gasteiger partial charge in [0, 0.05) is 48.2 Å². The Morgan fingerprint density at radius 1 is 1.08 bits per heavy atom. The number of thiophene rings is 1. The Morgan fingerprint density at radius 2 is 1.84 bits per heavy atom. The van der Waals surface area contributed by atoms with Gasteiger partial charge < -0.3 is 15.2 Å². The summed E-state index contributed by atoms with van der Waals surface area (Å²) in [6.45, 7) is 10.8. The van der Waals surface area contributed by atoms with Crippen LogP contribution in [0.2, 0.25) is 10.0 Å². The molecule has 0 unspecified atom stereocenters. The van der Waals surface area contributed by atoms with Crippen LogP contribution in [0.1, 0.15) is 38.1 Å². The molecule has 198 valence electrons. The molecule has 1 amide bonds. The van der Waals surface area contributed by atoms with E-state index in [1.54, 1.807) is 35.7 Å². The fourth-order valence-electron chi connectivity index (χ4n) is 5.45. The Balaban J connectivity index is 1.31. The normalized spacial score (nSPS) is 18.2. The molecule has 0 spiro atoms. The van der Waals surface area contributed by atoms with Gasteiger partial charge >= 0.3 is 0 Å². The molecule has 0 bridgehead atoms. The first-order chi connectivity index (χ1) is 18.2. The lowest BCUT2D eigenvalue weighted by Gasteiger charge is -2.47. The number of carbonyl (C=O) groups is 1. The number of aromatic amines is 1.